The van der Waals surface area contributed by atoms with Gasteiger partial charge in [0.05, 0.1) is 21.1 Å². The van der Waals surface area contributed by atoms with E-state index in [4.69, 9.17) is 9.05 Å². The number of likely N-dealkylation sites (N-methyl/N-ethyl adjacent to an activating group) is 1. The predicted octanol–water partition coefficient (Wildman–Crippen LogP) is 3.14. The van der Waals surface area contributed by atoms with Crippen LogP contribution in [0.2, 0.25) is 0 Å². The number of ketones is 1. The monoisotopic (exact) mass is 484 g/mol. The van der Waals surface area contributed by atoms with Crippen molar-refractivity contribution in [1.29, 1.82) is 0 Å². The number of carbonyl (C=O) groups is 1. The average molecular weight is 485 g/mol. The molecule has 2 atom stereocenters. The molecule has 0 aromatic heterocycles. The minimum absolute atomic E-state index is 0.0521. The van der Waals surface area contributed by atoms with Crippen LogP contribution in [0.5, 0.6) is 0 Å². The van der Waals surface area contributed by atoms with Crippen LogP contribution in [0.15, 0.2) is 0 Å². The number of nitrogens with zero attached hydrogens (tertiary/aromatic N) is 1. The topological polar surface area (TPSA) is 134 Å². The Labute approximate surface area is 193 Å². The Hall–Kier alpha value is -0.380. The SMILES string of the molecule is CCCCCCCCCCCCCC(=O)C(OP(=O)(O)OCC[N+](C)(C)C)C(O)(O)CO. The summed E-state index contributed by atoms with van der Waals surface area (Å²) in [5.74, 6) is -3.74. The third-order valence-electron chi connectivity index (χ3n) is 5.23. The molecule has 0 bridgehead atoms. The first-order chi connectivity index (χ1) is 14.8. The van der Waals surface area contributed by atoms with Gasteiger partial charge in [0.1, 0.15) is 19.8 Å². The number of hydrogen-bond donors (Lipinski definition) is 4. The van der Waals surface area contributed by atoms with Gasteiger partial charge in [-0.1, -0.05) is 71.1 Å². The summed E-state index contributed by atoms with van der Waals surface area (Å²) in [6.45, 7) is 1.25. The predicted molar refractivity (Wildman–Crippen MR) is 124 cm³/mol. The van der Waals surface area contributed by atoms with E-state index in [1.54, 1.807) is 0 Å². The Kier molecular flexibility index (Phi) is 16.1. The molecule has 0 aliphatic heterocycles. The standard InChI is InChI=1S/C22H46NO8P/c1-5-6-7-8-9-10-11-12-13-14-15-16-20(25)21(22(26,27)19-24)31-32(28,29)30-18-17-23(2,3)4/h21,24,26-27H,5-19H2,1-4H3/p+1. The lowest BCUT2D eigenvalue weighted by Crippen LogP contribution is -2.51. The smallest absolute Gasteiger partial charge is 0.391 e. The van der Waals surface area contributed by atoms with Gasteiger partial charge in [-0.05, 0) is 6.42 Å². The van der Waals surface area contributed by atoms with Crippen molar-refractivity contribution in [3.63, 3.8) is 0 Å². The van der Waals surface area contributed by atoms with Gasteiger partial charge in [-0.2, -0.15) is 0 Å². The van der Waals surface area contributed by atoms with Gasteiger partial charge in [0, 0.05) is 6.42 Å². The minimum Gasteiger partial charge on any atom is -0.391 e. The molecule has 0 saturated carbocycles. The Morgan fingerprint density at radius 2 is 1.41 bits per heavy atom. The Morgan fingerprint density at radius 3 is 1.84 bits per heavy atom. The molecule has 0 amide bonds. The van der Waals surface area contributed by atoms with Gasteiger partial charge in [0.15, 0.2) is 11.9 Å². The Morgan fingerprint density at radius 1 is 0.938 bits per heavy atom. The molecule has 10 heteroatoms. The molecule has 0 fully saturated rings. The highest BCUT2D eigenvalue weighted by Gasteiger charge is 2.45. The van der Waals surface area contributed by atoms with Crippen LogP contribution in [0.25, 0.3) is 0 Å². The van der Waals surface area contributed by atoms with Gasteiger partial charge in [0.2, 0.25) is 5.79 Å². The highest BCUT2D eigenvalue weighted by molar-refractivity contribution is 7.47. The number of aliphatic hydroxyl groups excluding tert-OH is 1. The maximum absolute atomic E-state index is 12.5. The lowest BCUT2D eigenvalue weighted by atomic mass is 10.0. The van der Waals surface area contributed by atoms with Gasteiger partial charge in [-0.15, -0.1) is 0 Å². The second-order valence-electron chi connectivity index (χ2n) is 9.59. The van der Waals surface area contributed by atoms with Gasteiger partial charge < -0.3 is 24.7 Å². The van der Waals surface area contributed by atoms with Crippen LogP contribution in [0, 0.1) is 0 Å². The summed E-state index contributed by atoms with van der Waals surface area (Å²) in [5, 5.41) is 29.0. The first-order valence-electron chi connectivity index (χ1n) is 11.9. The van der Waals surface area contributed by atoms with Crippen molar-refractivity contribution in [2.24, 2.45) is 0 Å². The second-order valence-corrected chi connectivity index (χ2v) is 11.0. The third-order valence-corrected chi connectivity index (χ3v) is 6.21. The number of hydrogen-bond acceptors (Lipinski definition) is 7. The summed E-state index contributed by atoms with van der Waals surface area (Å²) >= 11 is 0. The van der Waals surface area contributed by atoms with Gasteiger partial charge in [-0.3, -0.25) is 13.8 Å². The van der Waals surface area contributed by atoms with Crippen LogP contribution in [0.4, 0.5) is 0 Å². The molecule has 0 aliphatic rings. The lowest BCUT2D eigenvalue weighted by Gasteiger charge is -2.30. The molecule has 0 spiro atoms. The largest absolute Gasteiger partial charge is 0.473 e. The van der Waals surface area contributed by atoms with Crippen molar-refractivity contribution in [3.8, 4) is 0 Å². The van der Waals surface area contributed by atoms with E-state index in [0.717, 1.165) is 25.7 Å². The zero-order valence-electron chi connectivity index (χ0n) is 20.5. The number of phosphoric ester groups is 1. The van der Waals surface area contributed by atoms with Crippen molar-refractivity contribution in [1.82, 2.24) is 0 Å². The number of unbranched alkanes of at least 4 members (excludes halogenated alkanes) is 10. The number of Topliss-reactive ketones (excluding diaryl/α,β-unsaturated/α-hetero) is 1. The van der Waals surface area contributed by atoms with Crippen molar-refractivity contribution < 1.29 is 43.1 Å². The van der Waals surface area contributed by atoms with E-state index in [1.165, 1.54) is 38.5 Å². The van der Waals surface area contributed by atoms with Crippen molar-refractivity contribution >= 4 is 13.6 Å². The van der Waals surface area contributed by atoms with Crippen LogP contribution in [0.1, 0.15) is 84.0 Å². The van der Waals surface area contributed by atoms with E-state index >= 15 is 0 Å². The fourth-order valence-electron chi connectivity index (χ4n) is 3.17. The molecule has 9 nitrogen and oxygen atoms in total. The first-order valence-corrected chi connectivity index (χ1v) is 13.4. The van der Waals surface area contributed by atoms with E-state index in [2.05, 4.69) is 6.92 Å². The van der Waals surface area contributed by atoms with Gasteiger partial charge in [0.25, 0.3) is 0 Å². The highest BCUT2D eigenvalue weighted by atomic mass is 31.2. The maximum Gasteiger partial charge on any atom is 0.473 e. The second kappa shape index (κ2) is 16.3. The van der Waals surface area contributed by atoms with Crippen LogP contribution >= 0.6 is 7.82 Å². The fourth-order valence-corrected chi connectivity index (χ4v) is 4.10. The maximum atomic E-state index is 12.5. The number of quaternary nitrogens is 1. The van der Waals surface area contributed by atoms with E-state index in [-0.39, 0.29) is 13.0 Å². The Balaban J connectivity index is 4.39. The number of carbonyl (C=O) groups excluding carboxylic acids is 1. The van der Waals surface area contributed by atoms with Crippen molar-refractivity contribution in [2.45, 2.75) is 95.9 Å². The summed E-state index contributed by atoms with van der Waals surface area (Å²) in [7, 11) is 0.869. The quantitative estimate of drug-likeness (QED) is 0.0845. The van der Waals surface area contributed by atoms with Crippen LogP contribution in [-0.2, 0) is 18.4 Å². The number of phosphoric acid groups is 1. The van der Waals surface area contributed by atoms with E-state index in [1.807, 2.05) is 21.1 Å². The third kappa shape index (κ3) is 16.3. The zero-order chi connectivity index (χ0) is 24.7. The molecule has 2 unspecified atom stereocenters. The van der Waals surface area contributed by atoms with Gasteiger partial charge >= 0.3 is 7.82 Å². The molecule has 0 heterocycles. The van der Waals surface area contributed by atoms with Crippen LogP contribution < -0.4 is 0 Å². The van der Waals surface area contributed by atoms with E-state index in [0.29, 0.717) is 17.4 Å². The van der Waals surface area contributed by atoms with Crippen molar-refractivity contribution in [3.05, 3.63) is 0 Å². The molecular formula is C22H47NO8P+. The minimum atomic E-state index is -4.73. The number of aliphatic hydroxyl groups is 3. The molecule has 0 aromatic rings. The molecule has 4 N–H and O–H groups in total. The fraction of sp³-hybridized carbons (Fsp3) is 0.955. The molecule has 0 radical (unpaired) electrons. The average Bonchev–Trinajstić information content (AvgIpc) is 2.68. The normalized spacial score (nSPS) is 15.5. The molecule has 0 aromatic carbocycles. The van der Waals surface area contributed by atoms with Crippen molar-refractivity contribution in [2.75, 3.05) is 40.9 Å². The molecule has 192 valence electrons. The number of rotatable bonds is 21. The summed E-state index contributed by atoms with van der Waals surface area (Å²) < 4.78 is 22.3. The summed E-state index contributed by atoms with van der Waals surface area (Å²) in [6, 6.07) is 0. The molecule has 0 saturated heterocycles. The van der Waals surface area contributed by atoms with E-state index in [9.17, 15) is 29.6 Å². The zero-order valence-corrected chi connectivity index (χ0v) is 21.4. The first kappa shape index (κ1) is 31.6. The summed E-state index contributed by atoms with van der Waals surface area (Å²) in [4.78, 5) is 22.4. The van der Waals surface area contributed by atoms with Crippen LogP contribution in [-0.4, -0.2) is 83.3 Å². The molecular weight excluding hydrogens is 437 g/mol. The Bertz CT molecular complexity index is 551. The molecule has 32 heavy (non-hydrogen) atoms. The van der Waals surface area contributed by atoms with Gasteiger partial charge in [-0.25, -0.2) is 4.57 Å². The van der Waals surface area contributed by atoms with E-state index < -0.39 is 32.1 Å². The summed E-state index contributed by atoms with van der Waals surface area (Å²) in [5.41, 5.74) is 0. The summed E-state index contributed by atoms with van der Waals surface area (Å²) in [6.07, 6.45) is 9.95. The van der Waals surface area contributed by atoms with Crippen LogP contribution in [0.3, 0.4) is 0 Å². The lowest BCUT2D eigenvalue weighted by molar-refractivity contribution is -0.870. The highest BCUT2D eigenvalue weighted by Crippen LogP contribution is 2.46. The molecule has 0 rings (SSSR count). The molecule has 0 aliphatic carbocycles.